The Balaban J connectivity index is 1.59. The van der Waals surface area contributed by atoms with Crippen LogP contribution in [0.15, 0.2) is 37.4 Å². The van der Waals surface area contributed by atoms with Crippen molar-refractivity contribution in [2.24, 2.45) is 14.1 Å². The van der Waals surface area contributed by atoms with Gasteiger partial charge in [-0.05, 0) is 19.1 Å². The van der Waals surface area contributed by atoms with Crippen molar-refractivity contribution in [2.45, 2.75) is 11.9 Å². The molecular weight excluding hydrogens is 464 g/mol. The highest BCUT2D eigenvalue weighted by Crippen LogP contribution is 2.26. The van der Waals surface area contributed by atoms with Gasteiger partial charge in [-0.2, -0.15) is 0 Å². The second-order valence-electron chi connectivity index (χ2n) is 7.59. The number of furan rings is 1. The van der Waals surface area contributed by atoms with Crippen LogP contribution in [0.1, 0.15) is 6.92 Å². The molecule has 34 heavy (non-hydrogen) atoms. The molecular formula is C21H24N6O6S. The molecule has 2 amide bonds. The zero-order valence-corrected chi connectivity index (χ0v) is 19.8. The van der Waals surface area contributed by atoms with Crippen LogP contribution < -0.4 is 11.2 Å². The monoisotopic (exact) mass is 488 g/mol. The minimum atomic E-state index is -0.540. The third-order valence-electron chi connectivity index (χ3n) is 5.50. The molecule has 1 fully saturated rings. The number of hydrogen-bond donors (Lipinski definition) is 0. The van der Waals surface area contributed by atoms with Crippen LogP contribution in [0.25, 0.3) is 22.6 Å². The fourth-order valence-electron chi connectivity index (χ4n) is 3.62. The number of piperazine rings is 1. The van der Waals surface area contributed by atoms with Gasteiger partial charge >= 0.3 is 11.8 Å². The van der Waals surface area contributed by atoms with Gasteiger partial charge < -0.3 is 19.0 Å². The summed E-state index contributed by atoms with van der Waals surface area (Å²) in [6.45, 7) is 3.59. The lowest BCUT2D eigenvalue weighted by Crippen LogP contribution is -2.51. The molecule has 0 aliphatic carbocycles. The summed E-state index contributed by atoms with van der Waals surface area (Å²) in [6, 6.07) is 3.35. The SMILES string of the molecule is CCOC(=O)N1CCN(C(=O)CSc2nc(-c3ccco3)nc3c2c(=O)n(C)c(=O)n3C)CC1. The van der Waals surface area contributed by atoms with Crippen LogP contribution in [0, 0.1) is 0 Å². The number of carbonyl (C=O) groups excluding carboxylic acids is 2. The van der Waals surface area contributed by atoms with Crippen molar-refractivity contribution in [3.05, 3.63) is 39.2 Å². The molecule has 0 aromatic carbocycles. The predicted molar refractivity (Wildman–Crippen MR) is 124 cm³/mol. The first-order valence-corrected chi connectivity index (χ1v) is 11.6. The summed E-state index contributed by atoms with van der Waals surface area (Å²) in [6.07, 6.45) is 1.08. The number of thioether (sulfide) groups is 1. The predicted octanol–water partition coefficient (Wildman–Crippen LogP) is 0.680. The molecule has 1 aliphatic rings. The quantitative estimate of drug-likeness (QED) is 0.375. The van der Waals surface area contributed by atoms with E-state index in [2.05, 4.69) is 9.97 Å². The van der Waals surface area contributed by atoms with Gasteiger partial charge in [0.25, 0.3) is 5.56 Å². The van der Waals surface area contributed by atoms with Gasteiger partial charge in [-0.25, -0.2) is 19.6 Å². The minimum Gasteiger partial charge on any atom is -0.461 e. The van der Waals surface area contributed by atoms with E-state index in [4.69, 9.17) is 9.15 Å². The lowest BCUT2D eigenvalue weighted by Gasteiger charge is -2.34. The normalized spacial score (nSPS) is 14.0. The van der Waals surface area contributed by atoms with E-state index >= 15 is 0 Å². The molecule has 4 rings (SSSR count). The van der Waals surface area contributed by atoms with E-state index in [9.17, 15) is 19.2 Å². The number of nitrogens with zero attached hydrogens (tertiary/aromatic N) is 6. The fourth-order valence-corrected chi connectivity index (χ4v) is 4.54. The Labute approximate surface area is 198 Å². The fraction of sp³-hybridized carbons (Fsp3) is 0.429. The van der Waals surface area contributed by atoms with Gasteiger partial charge in [-0.1, -0.05) is 11.8 Å². The summed E-state index contributed by atoms with van der Waals surface area (Å²) in [5.41, 5.74) is -0.900. The second kappa shape index (κ2) is 9.71. The first kappa shape index (κ1) is 23.5. The molecule has 12 nitrogen and oxygen atoms in total. The zero-order valence-electron chi connectivity index (χ0n) is 19.0. The Morgan fingerprint density at radius 1 is 1.09 bits per heavy atom. The average molecular weight is 489 g/mol. The molecule has 3 aromatic heterocycles. The maximum absolute atomic E-state index is 12.9. The number of ether oxygens (including phenoxy) is 1. The summed E-state index contributed by atoms with van der Waals surface area (Å²) in [4.78, 5) is 62.2. The van der Waals surface area contributed by atoms with E-state index in [0.717, 1.165) is 16.3 Å². The molecule has 0 radical (unpaired) electrons. The molecule has 0 spiro atoms. The Morgan fingerprint density at radius 2 is 1.79 bits per heavy atom. The van der Waals surface area contributed by atoms with Crippen LogP contribution in [0.4, 0.5) is 4.79 Å². The third-order valence-corrected chi connectivity index (χ3v) is 6.46. The number of aromatic nitrogens is 4. The number of rotatable bonds is 5. The van der Waals surface area contributed by atoms with Gasteiger partial charge in [-0.3, -0.25) is 18.7 Å². The second-order valence-corrected chi connectivity index (χ2v) is 8.55. The van der Waals surface area contributed by atoms with Gasteiger partial charge in [0.05, 0.1) is 18.6 Å². The van der Waals surface area contributed by atoms with E-state index in [-0.39, 0.29) is 39.6 Å². The number of carbonyl (C=O) groups is 2. The van der Waals surface area contributed by atoms with Crippen LogP contribution in [-0.4, -0.2) is 79.4 Å². The average Bonchev–Trinajstić information content (AvgIpc) is 3.39. The molecule has 4 heterocycles. The van der Waals surface area contributed by atoms with Crippen molar-refractivity contribution in [3.8, 4) is 11.6 Å². The van der Waals surface area contributed by atoms with Crippen LogP contribution in [0.2, 0.25) is 0 Å². The highest BCUT2D eigenvalue weighted by molar-refractivity contribution is 8.00. The first-order valence-electron chi connectivity index (χ1n) is 10.7. The van der Waals surface area contributed by atoms with Gasteiger partial charge in [0.1, 0.15) is 10.4 Å². The van der Waals surface area contributed by atoms with Crippen molar-refractivity contribution >= 4 is 34.8 Å². The molecule has 1 saturated heterocycles. The van der Waals surface area contributed by atoms with Crippen molar-refractivity contribution < 1.29 is 18.7 Å². The summed E-state index contributed by atoms with van der Waals surface area (Å²) in [7, 11) is 2.90. The standard InChI is InChI=1S/C21H24N6O6S/c1-4-32-21(31)27-9-7-26(8-10-27)14(28)12-34-18-15-17(24(2)20(30)25(3)19(15)29)22-16(23-18)13-6-5-11-33-13/h5-6,11H,4,7-10,12H2,1-3H3. The van der Waals surface area contributed by atoms with Crippen LogP contribution >= 0.6 is 11.8 Å². The molecule has 13 heteroatoms. The third kappa shape index (κ3) is 4.42. The summed E-state index contributed by atoms with van der Waals surface area (Å²) < 4.78 is 12.7. The van der Waals surface area contributed by atoms with Gasteiger partial charge in [-0.15, -0.1) is 0 Å². The first-order chi connectivity index (χ1) is 16.3. The lowest BCUT2D eigenvalue weighted by molar-refractivity contribution is -0.129. The smallest absolute Gasteiger partial charge is 0.409 e. The van der Waals surface area contributed by atoms with Crippen LogP contribution in [0.3, 0.4) is 0 Å². The topological polar surface area (TPSA) is 133 Å². The Kier molecular flexibility index (Phi) is 6.72. The van der Waals surface area contributed by atoms with Crippen molar-refractivity contribution in [3.63, 3.8) is 0 Å². The van der Waals surface area contributed by atoms with E-state index < -0.39 is 11.2 Å². The number of amides is 2. The highest BCUT2D eigenvalue weighted by atomic mass is 32.2. The number of aryl methyl sites for hydroxylation is 1. The molecule has 180 valence electrons. The van der Waals surface area contributed by atoms with Crippen molar-refractivity contribution in [2.75, 3.05) is 38.5 Å². The largest absolute Gasteiger partial charge is 0.461 e. The van der Waals surface area contributed by atoms with Gasteiger partial charge in [0.15, 0.2) is 17.2 Å². The zero-order chi connectivity index (χ0) is 24.4. The minimum absolute atomic E-state index is 0.0229. The number of fused-ring (bicyclic) bond motifs is 1. The van der Waals surface area contributed by atoms with Gasteiger partial charge in [0, 0.05) is 40.3 Å². The molecule has 1 aliphatic heterocycles. The molecule has 0 bridgehead atoms. The summed E-state index contributed by atoms with van der Waals surface area (Å²) in [5, 5.41) is 0.441. The Morgan fingerprint density at radius 3 is 2.44 bits per heavy atom. The maximum atomic E-state index is 12.9. The number of hydrogen-bond acceptors (Lipinski definition) is 9. The highest BCUT2D eigenvalue weighted by Gasteiger charge is 2.26. The summed E-state index contributed by atoms with van der Waals surface area (Å²) in [5.74, 6) is 0.452. The van der Waals surface area contributed by atoms with E-state index in [1.54, 1.807) is 28.9 Å². The van der Waals surface area contributed by atoms with E-state index in [0.29, 0.717) is 38.5 Å². The Bertz CT molecular complexity index is 1340. The van der Waals surface area contributed by atoms with Gasteiger partial charge in [0.2, 0.25) is 5.91 Å². The van der Waals surface area contributed by atoms with Crippen LogP contribution in [-0.2, 0) is 23.6 Å². The molecule has 3 aromatic rings. The summed E-state index contributed by atoms with van der Waals surface area (Å²) >= 11 is 1.10. The van der Waals surface area contributed by atoms with Crippen LogP contribution in [0.5, 0.6) is 0 Å². The van der Waals surface area contributed by atoms with E-state index in [1.807, 2.05) is 0 Å². The van der Waals surface area contributed by atoms with Crippen molar-refractivity contribution in [1.82, 2.24) is 28.9 Å². The molecule has 0 N–H and O–H groups in total. The molecule has 0 saturated carbocycles. The lowest BCUT2D eigenvalue weighted by atomic mass is 10.3. The molecule has 0 unspecified atom stereocenters. The van der Waals surface area contributed by atoms with E-state index in [1.165, 1.54) is 24.9 Å². The molecule has 0 atom stereocenters. The Hall–Kier alpha value is -3.61. The maximum Gasteiger partial charge on any atom is 0.409 e. The van der Waals surface area contributed by atoms with Crippen molar-refractivity contribution in [1.29, 1.82) is 0 Å².